The highest BCUT2D eigenvalue weighted by molar-refractivity contribution is 7.54. The predicted octanol–water partition coefficient (Wildman–Crippen LogP) is 4.21. The molecule has 14 heteroatoms. The third-order valence-corrected chi connectivity index (χ3v) is 12.7. The van der Waals surface area contributed by atoms with E-state index in [1.54, 1.807) is 0 Å². The van der Waals surface area contributed by atoms with Gasteiger partial charge in [-0.3, -0.25) is 9.13 Å². The minimum absolute atomic E-state index is 0.204. The molecule has 2 unspecified atom stereocenters. The molecule has 2 aliphatic rings. The number of rotatable bonds is 30. The van der Waals surface area contributed by atoms with E-state index in [1.165, 1.54) is 25.7 Å². The molecule has 2 rings (SSSR count). The molecular formula is C31H68N6O6P2. The second-order valence-corrected chi connectivity index (χ2v) is 17.2. The molecule has 0 heterocycles. The first-order valence-corrected chi connectivity index (χ1v) is 21.3. The van der Waals surface area contributed by atoms with Gasteiger partial charge in [-0.05, 0) is 122 Å². The number of nitrogens with zero attached hydrogens (tertiary/aromatic N) is 2. The predicted molar refractivity (Wildman–Crippen MR) is 185 cm³/mol. The molecule has 2 fully saturated rings. The van der Waals surface area contributed by atoms with Crippen LogP contribution in [-0.2, 0) is 27.2 Å². The third kappa shape index (κ3) is 19.0. The van der Waals surface area contributed by atoms with Crippen LogP contribution in [0.4, 0.5) is 0 Å². The molecule has 0 aliphatic heterocycles. The van der Waals surface area contributed by atoms with E-state index < -0.39 is 15.2 Å². The summed E-state index contributed by atoms with van der Waals surface area (Å²) >= 11 is 0. The minimum atomic E-state index is -3.33. The second kappa shape index (κ2) is 25.1. The fraction of sp³-hybridized carbons (Fsp3) is 1.00. The van der Waals surface area contributed by atoms with Crippen LogP contribution < -0.4 is 22.9 Å². The van der Waals surface area contributed by atoms with E-state index in [2.05, 4.69) is 9.80 Å². The zero-order valence-corrected chi connectivity index (χ0v) is 30.0. The monoisotopic (exact) mass is 682 g/mol. The highest BCUT2D eigenvalue weighted by atomic mass is 31.2. The lowest BCUT2D eigenvalue weighted by Gasteiger charge is -2.26. The van der Waals surface area contributed by atoms with Crippen LogP contribution >= 0.6 is 15.2 Å². The molecule has 268 valence electrons. The quantitative estimate of drug-likeness (QED) is 0.0627. The topological polar surface area (TPSA) is 182 Å². The molecule has 0 radical (unpaired) electrons. The summed E-state index contributed by atoms with van der Waals surface area (Å²) in [6.45, 7) is 8.32. The lowest BCUT2D eigenvalue weighted by Crippen LogP contribution is -2.32. The Balaban J connectivity index is 1.93. The molecule has 8 N–H and O–H groups in total. The van der Waals surface area contributed by atoms with Crippen LogP contribution in [0, 0.1) is 11.8 Å². The van der Waals surface area contributed by atoms with E-state index in [0.717, 1.165) is 77.5 Å². The van der Waals surface area contributed by atoms with Gasteiger partial charge in [-0.1, -0.05) is 25.7 Å². The van der Waals surface area contributed by atoms with Crippen LogP contribution in [0.1, 0.15) is 83.5 Å². The molecule has 0 aromatic heterocycles. The summed E-state index contributed by atoms with van der Waals surface area (Å²) in [5.74, 6) is 0.876. The van der Waals surface area contributed by atoms with E-state index in [0.29, 0.717) is 83.1 Å². The summed E-state index contributed by atoms with van der Waals surface area (Å²) < 4.78 is 52.0. The highest BCUT2D eigenvalue weighted by Crippen LogP contribution is 2.51. The van der Waals surface area contributed by atoms with Crippen LogP contribution in [0.3, 0.4) is 0 Å². The van der Waals surface area contributed by atoms with Crippen molar-refractivity contribution in [1.29, 1.82) is 0 Å². The summed E-state index contributed by atoms with van der Waals surface area (Å²) in [6, 6.07) is 0. The van der Waals surface area contributed by atoms with Crippen molar-refractivity contribution in [1.82, 2.24) is 9.80 Å². The van der Waals surface area contributed by atoms with Gasteiger partial charge >= 0.3 is 15.2 Å². The fourth-order valence-electron chi connectivity index (χ4n) is 6.05. The molecule has 0 saturated heterocycles. The molecule has 12 nitrogen and oxygen atoms in total. The van der Waals surface area contributed by atoms with Crippen LogP contribution in [0.2, 0.25) is 0 Å². The van der Waals surface area contributed by atoms with Gasteiger partial charge in [0.05, 0.1) is 38.8 Å². The summed E-state index contributed by atoms with van der Waals surface area (Å²) in [5.41, 5.74) is 23.0. The van der Waals surface area contributed by atoms with Gasteiger partial charge in [-0.25, -0.2) is 0 Å². The van der Waals surface area contributed by atoms with Gasteiger partial charge in [0.1, 0.15) is 0 Å². The van der Waals surface area contributed by atoms with Crippen molar-refractivity contribution in [3.8, 4) is 0 Å². The van der Waals surface area contributed by atoms with Crippen molar-refractivity contribution >= 4 is 15.2 Å². The summed E-state index contributed by atoms with van der Waals surface area (Å²) in [6.07, 6.45) is 13.8. The molecule has 2 atom stereocenters. The van der Waals surface area contributed by atoms with Crippen molar-refractivity contribution in [2.75, 3.05) is 104 Å². The summed E-state index contributed by atoms with van der Waals surface area (Å²) in [7, 11) is -6.67. The van der Waals surface area contributed by atoms with E-state index in [-0.39, 0.29) is 13.2 Å². The Morgan fingerprint density at radius 3 is 1.13 bits per heavy atom. The summed E-state index contributed by atoms with van der Waals surface area (Å²) in [5, 5.41) is 0. The molecule has 0 amide bonds. The van der Waals surface area contributed by atoms with Gasteiger partial charge in [-0.2, -0.15) is 0 Å². The molecular weight excluding hydrogens is 614 g/mol. The molecule has 0 aromatic carbocycles. The van der Waals surface area contributed by atoms with Gasteiger partial charge in [0.2, 0.25) is 0 Å². The Morgan fingerprint density at radius 1 is 0.489 bits per heavy atom. The largest absolute Gasteiger partial charge is 0.331 e. The van der Waals surface area contributed by atoms with Crippen LogP contribution in [0.25, 0.3) is 0 Å². The SMILES string of the molecule is NCCCN(CCCN)CCP(=O)(OCCCOP(=O)(CCN(CCCN)CCCN)OCC1CCCC1)OCC1CCCC1. The van der Waals surface area contributed by atoms with Gasteiger partial charge in [-0.15, -0.1) is 0 Å². The lowest BCUT2D eigenvalue weighted by molar-refractivity contribution is 0.151. The van der Waals surface area contributed by atoms with Gasteiger partial charge in [0, 0.05) is 13.1 Å². The Labute approximate surface area is 274 Å². The smallest absolute Gasteiger partial charge is 0.330 e. The first-order chi connectivity index (χ1) is 21.8. The maximum atomic E-state index is 13.9. The Hall–Kier alpha value is 0.0600. The van der Waals surface area contributed by atoms with Crippen molar-refractivity contribution in [3.63, 3.8) is 0 Å². The Bertz CT molecular complexity index is 739. The molecule has 0 bridgehead atoms. The molecule has 45 heavy (non-hydrogen) atoms. The number of hydrogen-bond acceptors (Lipinski definition) is 12. The Kier molecular flexibility index (Phi) is 23.0. The van der Waals surface area contributed by atoms with E-state index in [1.807, 2.05) is 0 Å². The number of hydrogen-bond donors (Lipinski definition) is 4. The second-order valence-electron chi connectivity index (χ2n) is 12.8. The molecule has 2 aliphatic carbocycles. The van der Waals surface area contributed by atoms with Gasteiger partial charge in [0.15, 0.2) is 0 Å². The summed E-state index contributed by atoms with van der Waals surface area (Å²) in [4.78, 5) is 4.50. The minimum Gasteiger partial charge on any atom is -0.330 e. The van der Waals surface area contributed by atoms with Crippen LogP contribution in [0.5, 0.6) is 0 Å². The zero-order valence-electron chi connectivity index (χ0n) is 28.2. The first kappa shape index (κ1) is 41.2. The fourth-order valence-corrected chi connectivity index (χ4v) is 9.46. The van der Waals surface area contributed by atoms with Crippen molar-refractivity contribution < 1.29 is 27.2 Å². The van der Waals surface area contributed by atoms with Crippen LogP contribution in [0.15, 0.2) is 0 Å². The standard InChI is InChI=1S/C31H68N6O6P2/c32-14-5-18-36(19-6-15-33)22-26-44(38,42-28-30-10-1-2-11-30)40-24-9-25-41-45(39,43-29-31-12-3-4-13-31)27-23-37(20-7-16-34)21-8-17-35/h30-31H,1-29,32-35H2. The zero-order chi connectivity index (χ0) is 32.6. The average molecular weight is 683 g/mol. The van der Waals surface area contributed by atoms with Gasteiger partial charge in [0.25, 0.3) is 0 Å². The molecule has 0 spiro atoms. The highest BCUT2D eigenvalue weighted by Gasteiger charge is 2.30. The Morgan fingerprint density at radius 2 is 0.822 bits per heavy atom. The maximum Gasteiger partial charge on any atom is 0.331 e. The third-order valence-electron chi connectivity index (χ3n) is 8.92. The van der Waals surface area contributed by atoms with E-state index in [4.69, 9.17) is 41.0 Å². The van der Waals surface area contributed by atoms with Crippen molar-refractivity contribution in [2.45, 2.75) is 83.5 Å². The van der Waals surface area contributed by atoms with E-state index >= 15 is 0 Å². The average Bonchev–Trinajstić information content (AvgIpc) is 3.77. The van der Waals surface area contributed by atoms with Gasteiger partial charge < -0.3 is 50.8 Å². The molecule has 2 saturated carbocycles. The lowest BCUT2D eigenvalue weighted by atomic mass is 10.1. The maximum absolute atomic E-state index is 13.9. The van der Waals surface area contributed by atoms with Crippen molar-refractivity contribution in [3.05, 3.63) is 0 Å². The number of nitrogens with two attached hydrogens (primary N) is 4. The van der Waals surface area contributed by atoms with Crippen LogP contribution in [-0.4, -0.2) is 114 Å². The first-order valence-electron chi connectivity index (χ1n) is 17.9. The normalized spacial score (nSPS) is 19.2. The molecule has 0 aromatic rings. The van der Waals surface area contributed by atoms with E-state index in [9.17, 15) is 9.13 Å². The van der Waals surface area contributed by atoms with Crippen molar-refractivity contribution in [2.24, 2.45) is 34.8 Å².